The minimum absolute atomic E-state index is 0.0805. The minimum atomic E-state index is -4.40. The Morgan fingerprint density at radius 2 is 1.68 bits per heavy atom. The minimum Gasteiger partial charge on any atom is -0.416 e. The zero-order chi connectivity index (χ0) is 31.6. The number of aromatic nitrogens is 4. The zero-order valence-electron chi connectivity index (χ0n) is 24.7. The number of nitrogens with zero attached hydrogens (tertiary/aromatic N) is 6. The normalized spacial score (nSPS) is 20.4. The number of benzene rings is 1. The van der Waals surface area contributed by atoms with E-state index >= 15 is 0 Å². The second kappa shape index (κ2) is 12.9. The Kier molecular flexibility index (Phi) is 9.21. The smallest absolute Gasteiger partial charge is 0.410 e. The van der Waals surface area contributed by atoms with E-state index in [1.54, 1.807) is 11.8 Å². The predicted octanol–water partition coefficient (Wildman–Crippen LogP) is 6.89. The highest BCUT2D eigenvalue weighted by molar-refractivity contribution is 5.84. The van der Waals surface area contributed by atoms with E-state index in [1.807, 2.05) is 6.92 Å². The summed E-state index contributed by atoms with van der Waals surface area (Å²) in [6, 6.07) is 1.82. The van der Waals surface area contributed by atoms with Gasteiger partial charge in [-0.1, -0.05) is 12.5 Å². The van der Waals surface area contributed by atoms with Crippen molar-refractivity contribution in [3.8, 4) is 11.5 Å². The van der Waals surface area contributed by atoms with Gasteiger partial charge in [-0.25, -0.2) is 18.7 Å². The first-order chi connectivity index (χ1) is 20.9. The molecular formula is C31H33F5N6O2. The quantitative estimate of drug-likeness (QED) is 0.290. The Balaban J connectivity index is 1.35. The van der Waals surface area contributed by atoms with Gasteiger partial charge in [-0.3, -0.25) is 9.79 Å². The lowest BCUT2D eigenvalue weighted by atomic mass is 9.88. The molecule has 2 atom stereocenters. The van der Waals surface area contributed by atoms with E-state index < -0.39 is 29.8 Å². The molecule has 8 nitrogen and oxygen atoms in total. The second-order valence-electron chi connectivity index (χ2n) is 11.3. The van der Waals surface area contributed by atoms with Crippen molar-refractivity contribution in [2.24, 2.45) is 4.99 Å². The van der Waals surface area contributed by atoms with Crippen LogP contribution in [-0.4, -0.2) is 62.5 Å². The topological polar surface area (TPSA) is 97.4 Å². The average molecular weight is 617 g/mol. The molecule has 0 radical (unpaired) electrons. The number of carbonyl (C=O) groups is 1. The number of likely N-dealkylation sites (tertiary alicyclic amines) is 1. The number of piperidine rings is 1. The van der Waals surface area contributed by atoms with Gasteiger partial charge < -0.3 is 9.32 Å². The van der Waals surface area contributed by atoms with Crippen molar-refractivity contribution in [1.82, 2.24) is 25.1 Å². The molecule has 4 heterocycles. The van der Waals surface area contributed by atoms with Gasteiger partial charge in [0.15, 0.2) is 0 Å². The highest BCUT2D eigenvalue weighted by atomic mass is 19.4. The molecule has 5 rings (SSSR count). The number of aliphatic imine (C=N–C) groups is 1. The van der Waals surface area contributed by atoms with Crippen molar-refractivity contribution in [3.63, 3.8) is 0 Å². The summed E-state index contributed by atoms with van der Waals surface area (Å²) in [6.07, 6.45) is 0.575. The van der Waals surface area contributed by atoms with Gasteiger partial charge >= 0.3 is 6.18 Å². The Labute approximate surface area is 251 Å². The fourth-order valence-electron chi connectivity index (χ4n) is 5.92. The van der Waals surface area contributed by atoms with Crippen molar-refractivity contribution in [2.75, 3.05) is 13.1 Å². The van der Waals surface area contributed by atoms with Crippen LogP contribution in [0.3, 0.4) is 0 Å². The summed E-state index contributed by atoms with van der Waals surface area (Å²) in [7, 11) is 0. The first kappa shape index (κ1) is 31.4. The highest BCUT2D eigenvalue weighted by Crippen LogP contribution is 2.37. The molecule has 0 N–H and O–H groups in total. The first-order valence-corrected chi connectivity index (χ1v) is 14.6. The summed E-state index contributed by atoms with van der Waals surface area (Å²) < 4.78 is 74.4. The number of halogens is 5. The zero-order valence-corrected chi connectivity index (χ0v) is 24.7. The van der Waals surface area contributed by atoms with Crippen molar-refractivity contribution >= 4 is 17.7 Å². The summed E-state index contributed by atoms with van der Waals surface area (Å²) in [6.45, 7) is 5.83. The molecule has 2 aromatic heterocycles. The van der Waals surface area contributed by atoms with Crippen LogP contribution in [0.2, 0.25) is 0 Å². The average Bonchev–Trinajstić information content (AvgIpc) is 3.49. The van der Waals surface area contributed by atoms with E-state index in [4.69, 9.17) is 9.40 Å². The van der Waals surface area contributed by atoms with Crippen LogP contribution < -0.4 is 0 Å². The molecule has 0 bridgehead atoms. The molecule has 0 saturated carbocycles. The van der Waals surface area contributed by atoms with Crippen molar-refractivity contribution < 1.29 is 31.2 Å². The third-order valence-electron chi connectivity index (χ3n) is 8.23. The summed E-state index contributed by atoms with van der Waals surface area (Å²) in [4.78, 5) is 27.7. The van der Waals surface area contributed by atoms with E-state index in [-0.39, 0.29) is 35.6 Å². The first-order valence-electron chi connectivity index (χ1n) is 14.6. The number of aryl methyl sites for hydroxylation is 2. The Bertz CT molecular complexity index is 1560. The standard InChI is InChI=1S/C31H33F5N6O2/c1-17(25-22(32)8-6-9-23(25)33)30(43)42-15-12-20(13-16-42)27-26(18(2)38-19(3)39-27)29-41-40-28(44-29)21-7-4-5-10-24(31(34,35)36)37-14-11-21/h6,8-9,11,14,17,20,24H,4-5,7,10,12-13,15-16H2,1-3H3/b21-11+,37-14?. The van der Waals surface area contributed by atoms with Gasteiger partial charge in [0.2, 0.25) is 11.8 Å². The molecule has 1 amide bonds. The maximum Gasteiger partial charge on any atom is 0.410 e. The molecule has 1 fully saturated rings. The molecular weight excluding hydrogens is 583 g/mol. The van der Waals surface area contributed by atoms with Gasteiger partial charge in [-0.05, 0) is 71.1 Å². The Hall–Kier alpha value is -4.03. The molecule has 2 unspecified atom stereocenters. The van der Waals surface area contributed by atoms with E-state index in [9.17, 15) is 26.7 Å². The second-order valence-corrected chi connectivity index (χ2v) is 11.3. The molecule has 0 aliphatic carbocycles. The number of allylic oxidation sites excluding steroid dienone is 2. The van der Waals surface area contributed by atoms with Crippen molar-refractivity contribution in [1.29, 1.82) is 0 Å². The van der Waals surface area contributed by atoms with Gasteiger partial charge in [0, 0.05) is 36.4 Å². The van der Waals surface area contributed by atoms with Crippen LogP contribution in [0, 0.1) is 25.5 Å². The van der Waals surface area contributed by atoms with Crippen molar-refractivity contribution in [3.05, 3.63) is 64.6 Å². The summed E-state index contributed by atoms with van der Waals surface area (Å²) in [5.74, 6) is -1.96. The van der Waals surface area contributed by atoms with E-state index in [1.165, 1.54) is 19.1 Å². The van der Waals surface area contributed by atoms with Gasteiger partial charge in [-0.15, -0.1) is 10.2 Å². The third-order valence-corrected chi connectivity index (χ3v) is 8.23. The van der Waals surface area contributed by atoms with Gasteiger partial charge in [0.1, 0.15) is 23.5 Å². The number of amides is 1. The maximum atomic E-state index is 14.3. The van der Waals surface area contributed by atoms with Crippen LogP contribution in [0.4, 0.5) is 22.0 Å². The molecule has 0 spiro atoms. The molecule has 44 heavy (non-hydrogen) atoms. The summed E-state index contributed by atoms with van der Waals surface area (Å²) in [5, 5.41) is 8.45. The van der Waals surface area contributed by atoms with Crippen LogP contribution in [0.15, 0.2) is 33.7 Å². The molecule has 3 aromatic rings. The van der Waals surface area contributed by atoms with Gasteiger partial charge in [0.05, 0.1) is 22.9 Å². The molecule has 234 valence electrons. The van der Waals surface area contributed by atoms with Crippen LogP contribution in [-0.2, 0) is 4.79 Å². The number of alkyl halides is 3. The molecule has 2 aliphatic rings. The number of rotatable bonds is 5. The van der Waals surface area contributed by atoms with E-state index in [0.717, 1.165) is 18.3 Å². The fourth-order valence-corrected chi connectivity index (χ4v) is 5.92. The number of carbonyl (C=O) groups excluding carboxylic acids is 1. The molecule has 1 saturated heterocycles. The molecule has 13 heteroatoms. The van der Waals surface area contributed by atoms with Gasteiger partial charge in [-0.2, -0.15) is 13.2 Å². The van der Waals surface area contributed by atoms with Crippen LogP contribution in [0.1, 0.15) is 86.0 Å². The number of hydrogen-bond donors (Lipinski definition) is 0. The monoisotopic (exact) mass is 616 g/mol. The highest BCUT2D eigenvalue weighted by Gasteiger charge is 2.39. The SMILES string of the molecule is Cc1nc(C)c(-c2nnc(/C3=C/C=NC(C(F)(F)F)CCCC3)o2)c(C2CCN(C(=O)C(C)c3c(F)cccc3F)CC2)n1. The lowest BCUT2D eigenvalue weighted by Crippen LogP contribution is -2.40. The van der Waals surface area contributed by atoms with Crippen molar-refractivity contribution in [2.45, 2.75) is 83.4 Å². The lowest BCUT2D eigenvalue weighted by Gasteiger charge is -2.34. The predicted molar refractivity (Wildman–Crippen MR) is 153 cm³/mol. The van der Waals surface area contributed by atoms with E-state index in [0.29, 0.717) is 73.5 Å². The van der Waals surface area contributed by atoms with E-state index in [2.05, 4.69) is 20.2 Å². The van der Waals surface area contributed by atoms with Crippen LogP contribution >= 0.6 is 0 Å². The Morgan fingerprint density at radius 3 is 2.36 bits per heavy atom. The largest absolute Gasteiger partial charge is 0.416 e. The maximum absolute atomic E-state index is 14.3. The molecule has 1 aromatic carbocycles. The molecule has 2 aliphatic heterocycles. The summed E-state index contributed by atoms with van der Waals surface area (Å²) >= 11 is 0. The van der Waals surface area contributed by atoms with Crippen LogP contribution in [0.25, 0.3) is 17.0 Å². The fraction of sp³-hybridized carbons (Fsp3) is 0.484. The van der Waals surface area contributed by atoms with Crippen LogP contribution in [0.5, 0.6) is 0 Å². The third kappa shape index (κ3) is 6.71. The number of hydrogen-bond acceptors (Lipinski definition) is 7. The lowest BCUT2D eigenvalue weighted by molar-refractivity contribution is -0.148. The summed E-state index contributed by atoms with van der Waals surface area (Å²) in [5.41, 5.74) is 2.26. The Morgan fingerprint density at radius 1 is 1.00 bits per heavy atom. The van der Waals surface area contributed by atoms with Gasteiger partial charge in [0.25, 0.3) is 5.89 Å².